The summed E-state index contributed by atoms with van der Waals surface area (Å²) >= 11 is 0. The van der Waals surface area contributed by atoms with Crippen LogP contribution in [-0.4, -0.2) is 71.8 Å². The van der Waals surface area contributed by atoms with Gasteiger partial charge in [-0.3, -0.25) is 14.5 Å². The summed E-state index contributed by atoms with van der Waals surface area (Å²) in [6, 6.07) is 2.21. The van der Waals surface area contributed by atoms with E-state index in [0.29, 0.717) is 5.92 Å². The van der Waals surface area contributed by atoms with Crippen molar-refractivity contribution in [2.24, 2.45) is 11.8 Å². The first kappa shape index (κ1) is 23.7. The van der Waals surface area contributed by atoms with Crippen molar-refractivity contribution in [1.29, 1.82) is 5.26 Å². The minimum atomic E-state index is -0.659. The van der Waals surface area contributed by atoms with Gasteiger partial charge in [0.1, 0.15) is 5.54 Å². The molecular weight excluding hydrogens is 364 g/mol. The predicted octanol–water partition coefficient (Wildman–Crippen LogP) is 3.28. The van der Waals surface area contributed by atoms with E-state index in [0.717, 1.165) is 71.0 Å². The Morgan fingerprint density at radius 3 is 2.28 bits per heavy atom. The number of likely N-dealkylation sites (tertiary alicyclic amines) is 1. The molecule has 6 heteroatoms. The molecule has 0 N–H and O–H groups in total. The zero-order valence-corrected chi connectivity index (χ0v) is 19.1. The minimum Gasteiger partial charge on any atom is -0.346 e. The molecule has 29 heavy (non-hydrogen) atoms. The third-order valence-corrected chi connectivity index (χ3v) is 7.29. The number of nitriles is 1. The largest absolute Gasteiger partial charge is 0.346 e. The van der Waals surface area contributed by atoms with Gasteiger partial charge < -0.3 is 9.80 Å². The lowest BCUT2D eigenvalue weighted by molar-refractivity contribution is -0.142. The molecule has 1 aliphatic heterocycles. The molecule has 0 aromatic rings. The highest BCUT2D eigenvalue weighted by molar-refractivity contribution is 5.82. The Bertz CT molecular complexity index is 598. The molecule has 1 aliphatic carbocycles. The molecule has 1 unspecified atom stereocenters. The van der Waals surface area contributed by atoms with Crippen molar-refractivity contribution in [2.75, 3.05) is 33.7 Å². The van der Waals surface area contributed by atoms with Crippen molar-refractivity contribution in [1.82, 2.24) is 14.7 Å². The normalized spacial score (nSPS) is 27.1. The number of amides is 2. The molecule has 1 saturated heterocycles. The summed E-state index contributed by atoms with van der Waals surface area (Å²) in [4.78, 5) is 31.6. The molecule has 1 atom stereocenters. The van der Waals surface area contributed by atoms with Crippen molar-refractivity contribution in [3.05, 3.63) is 0 Å². The molecule has 2 aliphatic rings. The van der Waals surface area contributed by atoms with E-state index in [4.69, 9.17) is 0 Å². The van der Waals surface area contributed by atoms with E-state index in [1.807, 2.05) is 18.9 Å². The van der Waals surface area contributed by atoms with E-state index >= 15 is 0 Å². The van der Waals surface area contributed by atoms with Crippen molar-refractivity contribution in [3.63, 3.8) is 0 Å². The van der Waals surface area contributed by atoms with E-state index in [9.17, 15) is 14.9 Å². The zero-order valence-electron chi connectivity index (χ0n) is 19.1. The van der Waals surface area contributed by atoms with Crippen LogP contribution in [0.2, 0.25) is 0 Å². The first-order chi connectivity index (χ1) is 13.8. The van der Waals surface area contributed by atoms with Gasteiger partial charge in [-0.1, -0.05) is 20.3 Å². The van der Waals surface area contributed by atoms with Crippen LogP contribution in [0.4, 0.5) is 0 Å². The van der Waals surface area contributed by atoms with Gasteiger partial charge in [-0.15, -0.1) is 0 Å². The number of piperidine rings is 1. The Labute approximate surface area is 177 Å². The summed E-state index contributed by atoms with van der Waals surface area (Å²) in [5, 5.41) is 9.85. The molecule has 2 rings (SSSR count). The Morgan fingerprint density at radius 1 is 1.17 bits per heavy atom. The summed E-state index contributed by atoms with van der Waals surface area (Å²) in [6.07, 6.45) is 7.26. The van der Waals surface area contributed by atoms with E-state index in [-0.39, 0.29) is 23.8 Å². The number of hydrogen-bond acceptors (Lipinski definition) is 4. The van der Waals surface area contributed by atoms with Crippen LogP contribution in [-0.2, 0) is 9.59 Å². The standard InChI is InChI=1S/C23H40N4O2/c1-6-7-14-25(4)22(29)20-10-15-27(16-11-20)19(3)21(28)26(5)23(17-24)12-8-18(2)9-13-23/h18-20H,6-16H2,1-5H3. The van der Waals surface area contributed by atoms with E-state index < -0.39 is 5.54 Å². The molecule has 0 spiro atoms. The zero-order chi connectivity index (χ0) is 21.6. The number of carbonyl (C=O) groups excluding carboxylic acids is 2. The third kappa shape index (κ3) is 5.51. The fraction of sp³-hybridized carbons (Fsp3) is 0.870. The second-order valence-corrected chi connectivity index (χ2v) is 9.32. The van der Waals surface area contributed by atoms with Gasteiger partial charge in [-0.2, -0.15) is 5.26 Å². The molecule has 2 fully saturated rings. The number of nitrogens with zero attached hydrogens (tertiary/aromatic N) is 4. The molecule has 1 heterocycles. The molecule has 0 aromatic heterocycles. The number of unbranched alkanes of at least 4 members (excludes halogenated alkanes) is 1. The first-order valence-corrected chi connectivity index (χ1v) is 11.4. The minimum absolute atomic E-state index is 0.0333. The van der Waals surface area contributed by atoms with E-state index in [2.05, 4.69) is 24.8 Å². The second-order valence-electron chi connectivity index (χ2n) is 9.32. The maximum atomic E-state index is 13.2. The maximum absolute atomic E-state index is 13.2. The highest BCUT2D eigenvalue weighted by Crippen LogP contribution is 2.36. The molecular formula is C23H40N4O2. The fourth-order valence-electron chi connectivity index (χ4n) is 4.76. The number of hydrogen-bond donors (Lipinski definition) is 0. The fourth-order valence-corrected chi connectivity index (χ4v) is 4.76. The topological polar surface area (TPSA) is 67.7 Å². The summed E-state index contributed by atoms with van der Waals surface area (Å²) in [5.41, 5.74) is -0.659. The summed E-state index contributed by atoms with van der Waals surface area (Å²) in [7, 11) is 3.70. The van der Waals surface area contributed by atoms with Crippen LogP contribution in [0, 0.1) is 23.2 Å². The second kappa shape index (κ2) is 10.4. The molecule has 2 amide bonds. The van der Waals surface area contributed by atoms with Crippen LogP contribution < -0.4 is 0 Å². The first-order valence-electron chi connectivity index (χ1n) is 11.4. The molecule has 164 valence electrons. The van der Waals surface area contributed by atoms with Crippen molar-refractivity contribution >= 4 is 11.8 Å². The van der Waals surface area contributed by atoms with Crippen LogP contribution in [0.25, 0.3) is 0 Å². The Kier molecular flexibility index (Phi) is 8.51. The average Bonchev–Trinajstić information content (AvgIpc) is 2.76. The highest BCUT2D eigenvalue weighted by Gasteiger charge is 2.42. The van der Waals surface area contributed by atoms with Gasteiger partial charge in [-0.05, 0) is 70.9 Å². The highest BCUT2D eigenvalue weighted by atomic mass is 16.2. The van der Waals surface area contributed by atoms with Gasteiger partial charge in [0.05, 0.1) is 12.1 Å². The average molecular weight is 405 g/mol. The predicted molar refractivity (Wildman–Crippen MR) is 115 cm³/mol. The molecule has 1 saturated carbocycles. The molecule has 0 bridgehead atoms. The van der Waals surface area contributed by atoms with Crippen LogP contribution in [0.3, 0.4) is 0 Å². The van der Waals surface area contributed by atoms with Crippen LogP contribution in [0.1, 0.15) is 72.1 Å². The van der Waals surface area contributed by atoms with Gasteiger partial charge in [0.2, 0.25) is 11.8 Å². The van der Waals surface area contributed by atoms with E-state index in [1.165, 1.54) is 0 Å². The lowest BCUT2D eigenvalue weighted by Gasteiger charge is -2.44. The van der Waals surface area contributed by atoms with Crippen molar-refractivity contribution < 1.29 is 9.59 Å². The van der Waals surface area contributed by atoms with Gasteiger partial charge >= 0.3 is 0 Å². The molecule has 6 nitrogen and oxygen atoms in total. The quantitative estimate of drug-likeness (QED) is 0.653. The Hall–Kier alpha value is -1.61. The number of carbonyl (C=O) groups is 2. The van der Waals surface area contributed by atoms with Gasteiger partial charge in [-0.25, -0.2) is 0 Å². The van der Waals surface area contributed by atoms with Gasteiger partial charge in [0.25, 0.3) is 0 Å². The maximum Gasteiger partial charge on any atom is 0.240 e. The number of likely N-dealkylation sites (N-methyl/N-ethyl adjacent to an activating group) is 1. The van der Waals surface area contributed by atoms with Gasteiger partial charge in [0.15, 0.2) is 0 Å². The Morgan fingerprint density at radius 2 is 1.76 bits per heavy atom. The van der Waals surface area contributed by atoms with Crippen LogP contribution in [0.5, 0.6) is 0 Å². The summed E-state index contributed by atoms with van der Waals surface area (Å²) in [5.74, 6) is 0.975. The molecule has 0 radical (unpaired) electrons. The summed E-state index contributed by atoms with van der Waals surface area (Å²) in [6.45, 7) is 8.65. The van der Waals surface area contributed by atoms with Crippen LogP contribution in [0.15, 0.2) is 0 Å². The lowest BCUT2D eigenvalue weighted by Crippen LogP contribution is -2.57. The van der Waals surface area contributed by atoms with Crippen molar-refractivity contribution in [2.45, 2.75) is 83.7 Å². The molecule has 0 aromatic carbocycles. The monoisotopic (exact) mass is 404 g/mol. The van der Waals surface area contributed by atoms with E-state index in [1.54, 1.807) is 11.9 Å². The van der Waals surface area contributed by atoms with Crippen LogP contribution >= 0.6 is 0 Å². The Balaban J connectivity index is 1.91. The lowest BCUT2D eigenvalue weighted by atomic mass is 9.77. The third-order valence-electron chi connectivity index (χ3n) is 7.29. The van der Waals surface area contributed by atoms with Crippen molar-refractivity contribution in [3.8, 4) is 6.07 Å². The SMILES string of the molecule is CCCCN(C)C(=O)C1CCN(C(C)C(=O)N(C)C2(C#N)CCC(C)CC2)CC1. The summed E-state index contributed by atoms with van der Waals surface area (Å²) < 4.78 is 0. The van der Waals surface area contributed by atoms with Gasteiger partial charge in [0, 0.05) is 26.6 Å². The smallest absolute Gasteiger partial charge is 0.240 e. The number of rotatable bonds is 7.